The molecule has 0 saturated carbocycles. The molecule has 2 aromatic rings. The maximum Gasteiger partial charge on any atom is 0.331 e. The fraction of sp³-hybridized carbons (Fsp3) is 0.429. The van der Waals surface area contributed by atoms with Crippen molar-refractivity contribution >= 4 is 11.9 Å². The third-order valence-electron chi connectivity index (χ3n) is 2.85. The van der Waals surface area contributed by atoms with Gasteiger partial charge in [-0.1, -0.05) is 0 Å². The molecule has 1 N–H and O–H groups in total. The number of aryl methyl sites for hydroxylation is 2. The lowest BCUT2D eigenvalue weighted by molar-refractivity contribution is -0.146. The molecule has 0 radical (unpaired) electrons. The molecule has 2 rings (SSSR count). The van der Waals surface area contributed by atoms with E-state index in [2.05, 4.69) is 14.7 Å². The Balaban J connectivity index is 0.000000238. The molecular weight excluding hydrogens is 304 g/mol. The molecule has 9 nitrogen and oxygen atoms in total. The second kappa shape index (κ2) is 8.69. The number of rotatable bonds is 4. The van der Waals surface area contributed by atoms with Crippen LogP contribution in [0.25, 0.3) is 0 Å². The molecular formula is C14H20N4O5. The van der Waals surface area contributed by atoms with E-state index in [1.165, 1.54) is 18.8 Å². The highest BCUT2D eigenvalue weighted by atomic mass is 16.7. The van der Waals surface area contributed by atoms with Crippen molar-refractivity contribution in [2.24, 2.45) is 0 Å². The summed E-state index contributed by atoms with van der Waals surface area (Å²) in [7, 11) is 1.29. The minimum Gasteiger partial charge on any atom is -0.467 e. The summed E-state index contributed by atoms with van der Waals surface area (Å²) in [6.07, 6.45) is 6.35. The van der Waals surface area contributed by atoms with Gasteiger partial charge in [0.15, 0.2) is 6.04 Å². The van der Waals surface area contributed by atoms with Gasteiger partial charge in [-0.2, -0.15) is 4.73 Å². The highest BCUT2D eigenvalue weighted by Gasteiger charge is 2.20. The van der Waals surface area contributed by atoms with E-state index in [4.69, 9.17) is 9.94 Å². The molecule has 9 heteroatoms. The SMILES string of the molecule is CC(=O)On1ccnc1C.COC(=O)C(CO)n1ccnc1C. The van der Waals surface area contributed by atoms with Gasteiger partial charge in [0.05, 0.1) is 19.9 Å². The summed E-state index contributed by atoms with van der Waals surface area (Å²) in [5.74, 6) is 0.518. The van der Waals surface area contributed by atoms with Gasteiger partial charge in [-0.25, -0.2) is 19.6 Å². The van der Waals surface area contributed by atoms with Crippen LogP contribution in [-0.4, -0.2) is 50.0 Å². The largest absolute Gasteiger partial charge is 0.467 e. The predicted octanol–water partition coefficient (Wildman–Crippen LogP) is 0.0645. The van der Waals surface area contributed by atoms with E-state index in [0.29, 0.717) is 11.6 Å². The van der Waals surface area contributed by atoms with Gasteiger partial charge in [0.1, 0.15) is 11.6 Å². The van der Waals surface area contributed by atoms with Crippen LogP contribution in [0.15, 0.2) is 24.8 Å². The molecule has 0 aliphatic heterocycles. The molecule has 0 saturated heterocycles. The number of hydrogen-bond acceptors (Lipinski definition) is 7. The molecule has 0 aromatic carbocycles. The van der Waals surface area contributed by atoms with Crippen LogP contribution in [0.5, 0.6) is 0 Å². The Morgan fingerprint density at radius 3 is 2.22 bits per heavy atom. The zero-order valence-electron chi connectivity index (χ0n) is 13.5. The summed E-state index contributed by atoms with van der Waals surface area (Å²) in [5, 5.41) is 8.97. The molecule has 0 fully saturated rings. The van der Waals surface area contributed by atoms with Gasteiger partial charge >= 0.3 is 11.9 Å². The number of esters is 1. The molecule has 0 bridgehead atoms. The number of ether oxygens (including phenoxy) is 1. The Morgan fingerprint density at radius 1 is 1.22 bits per heavy atom. The number of imidazole rings is 2. The van der Waals surface area contributed by atoms with E-state index in [1.807, 2.05) is 0 Å². The Labute approximate surface area is 133 Å². The van der Waals surface area contributed by atoms with E-state index < -0.39 is 12.0 Å². The van der Waals surface area contributed by atoms with Gasteiger partial charge in [0.25, 0.3) is 0 Å². The molecule has 1 unspecified atom stereocenters. The minimum atomic E-state index is -0.688. The third-order valence-corrected chi connectivity index (χ3v) is 2.85. The number of carbonyl (C=O) groups excluding carboxylic acids is 2. The molecule has 0 amide bonds. The fourth-order valence-corrected chi connectivity index (χ4v) is 1.73. The van der Waals surface area contributed by atoms with E-state index in [0.717, 1.165) is 0 Å². The number of hydrogen-bond donors (Lipinski definition) is 1. The molecule has 0 aliphatic carbocycles. The zero-order chi connectivity index (χ0) is 17.4. The van der Waals surface area contributed by atoms with E-state index in [9.17, 15) is 9.59 Å². The number of methoxy groups -OCH3 is 1. The summed E-state index contributed by atoms with van der Waals surface area (Å²) in [6.45, 7) is 4.57. The maximum atomic E-state index is 11.2. The Hall–Kier alpha value is -2.68. The Kier molecular flexibility index (Phi) is 6.94. The molecule has 23 heavy (non-hydrogen) atoms. The highest BCUT2D eigenvalue weighted by molar-refractivity contribution is 5.74. The first-order chi connectivity index (χ1) is 10.9. The van der Waals surface area contributed by atoms with Gasteiger partial charge in [0, 0.05) is 25.5 Å². The van der Waals surface area contributed by atoms with Crippen LogP contribution in [-0.2, 0) is 14.3 Å². The van der Waals surface area contributed by atoms with Crippen molar-refractivity contribution < 1.29 is 24.3 Å². The second-order valence-corrected chi connectivity index (χ2v) is 4.49. The van der Waals surface area contributed by atoms with Crippen molar-refractivity contribution in [2.45, 2.75) is 26.8 Å². The smallest absolute Gasteiger partial charge is 0.331 e. The quantitative estimate of drug-likeness (QED) is 0.792. The van der Waals surface area contributed by atoms with Gasteiger partial charge < -0.3 is 19.2 Å². The normalized spacial score (nSPS) is 11.2. The van der Waals surface area contributed by atoms with Crippen molar-refractivity contribution in [1.82, 2.24) is 19.3 Å². The lowest BCUT2D eigenvalue weighted by Gasteiger charge is -2.14. The summed E-state index contributed by atoms with van der Waals surface area (Å²) < 4.78 is 7.43. The molecule has 2 aromatic heterocycles. The van der Waals surface area contributed by atoms with Gasteiger partial charge in [-0.3, -0.25) is 0 Å². The van der Waals surface area contributed by atoms with E-state index >= 15 is 0 Å². The average molecular weight is 324 g/mol. The number of nitrogens with zero attached hydrogens (tertiary/aromatic N) is 4. The number of carbonyl (C=O) groups is 2. The van der Waals surface area contributed by atoms with Crippen LogP contribution in [0.2, 0.25) is 0 Å². The average Bonchev–Trinajstić information content (AvgIpc) is 3.10. The van der Waals surface area contributed by atoms with Crippen LogP contribution < -0.4 is 4.84 Å². The minimum absolute atomic E-state index is 0.288. The first kappa shape index (κ1) is 18.4. The highest BCUT2D eigenvalue weighted by Crippen LogP contribution is 2.09. The summed E-state index contributed by atoms with van der Waals surface area (Å²) in [6, 6.07) is -0.688. The van der Waals surface area contributed by atoms with Crippen LogP contribution in [0.1, 0.15) is 24.6 Å². The van der Waals surface area contributed by atoms with Gasteiger partial charge in [-0.15, -0.1) is 0 Å². The van der Waals surface area contributed by atoms with Crippen molar-refractivity contribution in [2.75, 3.05) is 13.7 Å². The van der Waals surface area contributed by atoms with Crippen molar-refractivity contribution in [3.63, 3.8) is 0 Å². The fourth-order valence-electron chi connectivity index (χ4n) is 1.73. The van der Waals surface area contributed by atoms with Gasteiger partial charge in [0.2, 0.25) is 0 Å². The monoisotopic (exact) mass is 324 g/mol. The second-order valence-electron chi connectivity index (χ2n) is 4.49. The van der Waals surface area contributed by atoms with Crippen LogP contribution in [0.3, 0.4) is 0 Å². The lowest BCUT2D eigenvalue weighted by atomic mass is 10.3. The standard InChI is InChI=1S/C8H12N2O3.C6H8N2O2/c1-6-9-3-4-10(6)7(5-11)8(12)13-2;1-5-7-3-4-8(5)10-6(2)9/h3-4,7,11H,5H2,1-2H3;3-4H,1-2H3. The topological polar surface area (TPSA) is 108 Å². The molecule has 0 aliphatic rings. The summed E-state index contributed by atoms with van der Waals surface area (Å²) in [4.78, 5) is 34.1. The first-order valence-electron chi connectivity index (χ1n) is 6.77. The van der Waals surface area contributed by atoms with Gasteiger partial charge in [-0.05, 0) is 13.8 Å². The number of aliphatic hydroxyl groups excluding tert-OH is 1. The van der Waals surface area contributed by atoms with E-state index in [1.54, 1.807) is 43.2 Å². The third kappa shape index (κ3) is 5.22. The van der Waals surface area contributed by atoms with Crippen LogP contribution in [0, 0.1) is 13.8 Å². The lowest BCUT2D eigenvalue weighted by Crippen LogP contribution is -2.24. The maximum absolute atomic E-state index is 11.2. The molecule has 1 atom stereocenters. The summed E-state index contributed by atoms with van der Waals surface area (Å²) in [5.41, 5.74) is 0. The zero-order valence-corrected chi connectivity index (χ0v) is 13.5. The van der Waals surface area contributed by atoms with Crippen LogP contribution in [0.4, 0.5) is 0 Å². The Morgan fingerprint density at radius 2 is 1.83 bits per heavy atom. The predicted molar refractivity (Wildman–Crippen MR) is 79.3 cm³/mol. The summed E-state index contributed by atoms with van der Waals surface area (Å²) >= 11 is 0. The molecule has 0 spiro atoms. The van der Waals surface area contributed by atoms with Crippen molar-refractivity contribution in [1.29, 1.82) is 0 Å². The Bertz CT molecular complexity index is 649. The van der Waals surface area contributed by atoms with E-state index in [-0.39, 0.29) is 12.6 Å². The first-order valence-corrected chi connectivity index (χ1v) is 6.77. The van der Waals surface area contributed by atoms with Crippen molar-refractivity contribution in [3.05, 3.63) is 36.4 Å². The molecule has 2 heterocycles. The number of aromatic nitrogens is 4. The number of aliphatic hydroxyl groups is 1. The van der Waals surface area contributed by atoms with Crippen molar-refractivity contribution in [3.8, 4) is 0 Å². The molecule has 126 valence electrons. The van der Waals surface area contributed by atoms with Crippen LogP contribution >= 0.6 is 0 Å².